The lowest BCUT2D eigenvalue weighted by atomic mass is 9.98. The van der Waals surface area contributed by atoms with Crippen LogP contribution in [0.15, 0.2) is 0 Å². The Morgan fingerprint density at radius 3 is 2.72 bits per heavy atom. The van der Waals surface area contributed by atoms with Gasteiger partial charge in [-0.3, -0.25) is 4.79 Å². The van der Waals surface area contributed by atoms with E-state index in [0.717, 1.165) is 32.5 Å². The summed E-state index contributed by atoms with van der Waals surface area (Å²) in [6, 6.07) is 2.04. The molecule has 0 bridgehead atoms. The predicted octanol–water partition coefficient (Wildman–Crippen LogP) is 0.453. The first kappa shape index (κ1) is 14.9. The molecule has 1 amide bonds. The average Bonchev–Trinajstić information content (AvgIpc) is 2.42. The molecule has 0 radical (unpaired) electrons. The van der Waals surface area contributed by atoms with Gasteiger partial charge in [0.15, 0.2) is 0 Å². The fourth-order valence-corrected chi connectivity index (χ4v) is 2.18. The second-order valence-corrected chi connectivity index (χ2v) is 4.94. The standard InChI is InChI=1S/C13H23N3O2/c1-15(7-2-6-14)13(18)5-10-16-8-3-12(11-17)4-9-16/h12,17H,2-5,7-11H2,1H3. The number of piperidine rings is 1. The van der Waals surface area contributed by atoms with Crippen LogP contribution in [0, 0.1) is 17.2 Å². The Bertz CT molecular complexity index is 293. The molecule has 1 rings (SSSR count). The van der Waals surface area contributed by atoms with Gasteiger partial charge in [0.05, 0.1) is 12.5 Å². The number of aliphatic hydroxyl groups excluding tert-OH is 1. The highest BCUT2D eigenvalue weighted by Crippen LogP contribution is 2.16. The van der Waals surface area contributed by atoms with Crippen LogP contribution in [0.1, 0.15) is 25.7 Å². The van der Waals surface area contributed by atoms with Crippen molar-refractivity contribution in [3.63, 3.8) is 0 Å². The summed E-state index contributed by atoms with van der Waals surface area (Å²) in [5, 5.41) is 17.5. The summed E-state index contributed by atoms with van der Waals surface area (Å²) in [5.74, 6) is 0.546. The van der Waals surface area contributed by atoms with Crippen LogP contribution in [0.25, 0.3) is 0 Å². The summed E-state index contributed by atoms with van der Waals surface area (Å²) < 4.78 is 0. The molecule has 1 aliphatic rings. The van der Waals surface area contributed by atoms with Crippen molar-refractivity contribution >= 4 is 5.91 Å². The Kier molecular flexibility index (Phi) is 6.69. The average molecular weight is 253 g/mol. The Labute approximate surface area is 109 Å². The number of amides is 1. The minimum atomic E-state index is 0.106. The van der Waals surface area contributed by atoms with Gasteiger partial charge in [0.2, 0.25) is 5.91 Å². The van der Waals surface area contributed by atoms with Crippen LogP contribution < -0.4 is 0 Å². The zero-order valence-corrected chi connectivity index (χ0v) is 11.1. The molecule has 1 N–H and O–H groups in total. The maximum atomic E-state index is 11.8. The van der Waals surface area contributed by atoms with Crippen molar-refractivity contribution in [2.75, 3.05) is 39.8 Å². The fraction of sp³-hybridized carbons (Fsp3) is 0.846. The highest BCUT2D eigenvalue weighted by atomic mass is 16.3. The predicted molar refractivity (Wildman–Crippen MR) is 68.7 cm³/mol. The lowest BCUT2D eigenvalue weighted by molar-refractivity contribution is -0.130. The van der Waals surface area contributed by atoms with Gasteiger partial charge in [-0.15, -0.1) is 0 Å². The first-order valence-electron chi connectivity index (χ1n) is 6.61. The molecule has 0 aliphatic carbocycles. The van der Waals surface area contributed by atoms with Crippen molar-refractivity contribution in [1.82, 2.24) is 9.80 Å². The van der Waals surface area contributed by atoms with E-state index in [9.17, 15) is 4.79 Å². The molecule has 0 aromatic carbocycles. The monoisotopic (exact) mass is 253 g/mol. The molecule has 5 nitrogen and oxygen atoms in total. The van der Waals surface area contributed by atoms with E-state index in [1.165, 1.54) is 0 Å². The zero-order chi connectivity index (χ0) is 13.4. The molecule has 0 spiro atoms. The Balaban J connectivity index is 2.17. The van der Waals surface area contributed by atoms with Gasteiger partial charge in [-0.05, 0) is 31.8 Å². The summed E-state index contributed by atoms with van der Waals surface area (Å²) in [6.07, 6.45) is 2.96. The molecule has 0 unspecified atom stereocenters. The van der Waals surface area contributed by atoms with Crippen molar-refractivity contribution in [3.8, 4) is 6.07 Å². The molecular weight excluding hydrogens is 230 g/mol. The molecule has 1 saturated heterocycles. The third kappa shape index (κ3) is 5.03. The van der Waals surface area contributed by atoms with E-state index < -0.39 is 0 Å². The first-order valence-corrected chi connectivity index (χ1v) is 6.61. The first-order chi connectivity index (χ1) is 8.67. The molecule has 18 heavy (non-hydrogen) atoms. The van der Waals surface area contributed by atoms with E-state index in [0.29, 0.717) is 25.3 Å². The zero-order valence-electron chi connectivity index (χ0n) is 11.1. The van der Waals surface area contributed by atoms with Crippen molar-refractivity contribution in [2.24, 2.45) is 5.92 Å². The molecule has 0 aromatic heterocycles. The normalized spacial score (nSPS) is 17.4. The van der Waals surface area contributed by atoms with E-state index in [1.54, 1.807) is 11.9 Å². The smallest absolute Gasteiger partial charge is 0.223 e. The van der Waals surface area contributed by atoms with Gasteiger partial charge in [-0.2, -0.15) is 5.26 Å². The molecule has 5 heteroatoms. The lowest BCUT2D eigenvalue weighted by Crippen LogP contribution is -2.38. The second-order valence-electron chi connectivity index (χ2n) is 4.94. The number of aliphatic hydroxyl groups is 1. The minimum Gasteiger partial charge on any atom is -0.396 e. The van der Waals surface area contributed by atoms with Crippen molar-refractivity contribution in [1.29, 1.82) is 5.26 Å². The third-order valence-electron chi connectivity index (χ3n) is 3.59. The van der Waals surface area contributed by atoms with Crippen LogP contribution in [0.5, 0.6) is 0 Å². The van der Waals surface area contributed by atoms with E-state index >= 15 is 0 Å². The Hall–Kier alpha value is -1.12. The van der Waals surface area contributed by atoms with Crippen LogP contribution in [0.4, 0.5) is 0 Å². The van der Waals surface area contributed by atoms with Gasteiger partial charge in [-0.25, -0.2) is 0 Å². The number of nitriles is 1. The molecule has 1 aliphatic heterocycles. The lowest BCUT2D eigenvalue weighted by Gasteiger charge is -2.31. The summed E-state index contributed by atoms with van der Waals surface area (Å²) in [6.45, 7) is 3.53. The van der Waals surface area contributed by atoms with Crippen LogP contribution in [-0.4, -0.2) is 60.6 Å². The molecular formula is C13H23N3O2. The van der Waals surface area contributed by atoms with E-state index in [2.05, 4.69) is 4.90 Å². The fourth-order valence-electron chi connectivity index (χ4n) is 2.18. The maximum absolute atomic E-state index is 11.8. The van der Waals surface area contributed by atoms with Gasteiger partial charge in [0.25, 0.3) is 0 Å². The van der Waals surface area contributed by atoms with Gasteiger partial charge >= 0.3 is 0 Å². The third-order valence-corrected chi connectivity index (χ3v) is 3.59. The van der Waals surface area contributed by atoms with Crippen LogP contribution in [0.3, 0.4) is 0 Å². The van der Waals surface area contributed by atoms with Gasteiger partial charge < -0.3 is 14.9 Å². The van der Waals surface area contributed by atoms with Gasteiger partial charge in [-0.1, -0.05) is 0 Å². The molecule has 102 valence electrons. The number of rotatable bonds is 6. The quantitative estimate of drug-likeness (QED) is 0.746. The summed E-state index contributed by atoms with van der Waals surface area (Å²) in [4.78, 5) is 15.7. The number of nitrogens with zero attached hydrogens (tertiary/aromatic N) is 3. The molecule has 1 fully saturated rings. The van der Waals surface area contributed by atoms with Crippen molar-refractivity contribution in [2.45, 2.75) is 25.7 Å². The molecule has 0 atom stereocenters. The van der Waals surface area contributed by atoms with E-state index in [1.807, 2.05) is 6.07 Å². The van der Waals surface area contributed by atoms with Crippen molar-refractivity contribution < 1.29 is 9.90 Å². The number of likely N-dealkylation sites (tertiary alicyclic amines) is 1. The van der Waals surface area contributed by atoms with Gasteiger partial charge in [0.1, 0.15) is 0 Å². The largest absolute Gasteiger partial charge is 0.396 e. The topological polar surface area (TPSA) is 67.6 Å². The number of hydrogen-bond donors (Lipinski definition) is 1. The van der Waals surface area contributed by atoms with E-state index in [4.69, 9.17) is 10.4 Å². The summed E-state index contributed by atoms with van der Waals surface area (Å²) in [5.41, 5.74) is 0. The van der Waals surface area contributed by atoms with E-state index in [-0.39, 0.29) is 12.5 Å². The highest BCUT2D eigenvalue weighted by Gasteiger charge is 2.19. The molecule has 0 saturated carbocycles. The molecule has 0 aromatic rings. The Morgan fingerprint density at radius 2 is 2.17 bits per heavy atom. The number of hydrogen-bond acceptors (Lipinski definition) is 4. The number of carbonyl (C=O) groups excluding carboxylic acids is 1. The minimum absolute atomic E-state index is 0.106. The molecule has 1 heterocycles. The SMILES string of the molecule is CN(CCC#N)C(=O)CCN1CCC(CO)CC1. The maximum Gasteiger partial charge on any atom is 0.223 e. The Morgan fingerprint density at radius 1 is 1.50 bits per heavy atom. The second kappa shape index (κ2) is 8.06. The van der Waals surface area contributed by atoms with Crippen LogP contribution in [0.2, 0.25) is 0 Å². The highest BCUT2D eigenvalue weighted by molar-refractivity contribution is 5.76. The van der Waals surface area contributed by atoms with Crippen LogP contribution in [-0.2, 0) is 4.79 Å². The van der Waals surface area contributed by atoms with Gasteiger partial charge in [0, 0.05) is 33.2 Å². The number of carbonyl (C=O) groups is 1. The van der Waals surface area contributed by atoms with Crippen molar-refractivity contribution in [3.05, 3.63) is 0 Å². The summed E-state index contributed by atoms with van der Waals surface area (Å²) >= 11 is 0. The van der Waals surface area contributed by atoms with Crippen LogP contribution >= 0.6 is 0 Å². The summed E-state index contributed by atoms with van der Waals surface area (Å²) in [7, 11) is 1.75.